The number of nitrogens with one attached hydrogen (secondary N) is 2. The average Bonchev–Trinajstić information content (AvgIpc) is 2.60. The lowest BCUT2D eigenvalue weighted by Crippen LogP contribution is -2.74. The number of nitrogens with zero attached hydrogens (tertiary/aromatic N) is 2. The highest BCUT2D eigenvalue weighted by Crippen LogP contribution is 2.46. The molecule has 3 amide bonds. The van der Waals surface area contributed by atoms with Crippen LogP contribution in [0.2, 0.25) is 0 Å². The van der Waals surface area contributed by atoms with E-state index >= 15 is 0 Å². The number of benzene rings is 1. The van der Waals surface area contributed by atoms with Crippen LogP contribution in [-0.2, 0) is 14.8 Å². The highest BCUT2D eigenvalue weighted by atomic mass is 32.2. The Morgan fingerprint density at radius 3 is 2.48 bits per heavy atom. The molecule has 1 heterocycles. The van der Waals surface area contributed by atoms with Crippen LogP contribution in [0.4, 0.5) is 28.0 Å². The lowest BCUT2D eigenvalue weighted by atomic mass is 9.83. The molecule has 5 N–H and O–H groups in total. The standard InChI is InChI=1S/C14H13F4N5O5S/c1-2-29(27,28)22-9-4-7(8(15)3-6(9)5-19)10-11(24)21-12(25)23(20)13(10,26)14(16,17)18/h3-4,10,22,26H,2,20H2,1H3,(H,21,24,25). The predicted octanol–water partition coefficient (Wildman–Crippen LogP) is 0.219. The van der Waals surface area contributed by atoms with E-state index in [-0.39, 0.29) is 0 Å². The first-order valence-electron chi connectivity index (χ1n) is 7.62. The Morgan fingerprint density at radius 1 is 1.41 bits per heavy atom. The molecule has 0 aromatic heterocycles. The van der Waals surface area contributed by atoms with Gasteiger partial charge in [-0.25, -0.2) is 28.5 Å². The minimum absolute atomic E-state index is 0.379. The minimum Gasteiger partial charge on any atom is -0.361 e. The Labute approximate surface area is 160 Å². The first-order chi connectivity index (χ1) is 13.2. The molecule has 0 radical (unpaired) electrons. The molecular weight excluding hydrogens is 426 g/mol. The Hall–Kier alpha value is -2.96. The van der Waals surface area contributed by atoms with Crippen molar-refractivity contribution in [2.75, 3.05) is 10.5 Å². The first-order valence-corrected chi connectivity index (χ1v) is 9.27. The van der Waals surface area contributed by atoms with Gasteiger partial charge in [-0.15, -0.1) is 0 Å². The van der Waals surface area contributed by atoms with Crippen LogP contribution < -0.4 is 15.9 Å². The van der Waals surface area contributed by atoms with Crippen molar-refractivity contribution in [3.63, 3.8) is 0 Å². The van der Waals surface area contributed by atoms with Crippen molar-refractivity contribution in [1.82, 2.24) is 10.3 Å². The summed E-state index contributed by atoms with van der Waals surface area (Å²) in [5.74, 6) is -1.61. The number of sulfonamides is 1. The zero-order chi connectivity index (χ0) is 22.4. The minimum atomic E-state index is -5.72. The number of aliphatic hydroxyl groups is 1. The van der Waals surface area contributed by atoms with E-state index in [0.29, 0.717) is 12.1 Å². The largest absolute Gasteiger partial charge is 0.439 e. The molecule has 158 valence electrons. The van der Waals surface area contributed by atoms with Crippen LogP contribution in [0.15, 0.2) is 12.1 Å². The van der Waals surface area contributed by atoms with Gasteiger partial charge in [-0.05, 0) is 19.1 Å². The normalized spacial score (nSPS) is 22.8. The average molecular weight is 439 g/mol. The Morgan fingerprint density at radius 2 is 2.00 bits per heavy atom. The van der Waals surface area contributed by atoms with Gasteiger partial charge in [-0.3, -0.25) is 14.8 Å². The van der Waals surface area contributed by atoms with Gasteiger partial charge in [0.25, 0.3) is 5.72 Å². The van der Waals surface area contributed by atoms with Crippen molar-refractivity contribution in [2.45, 2.75) is 24.7 Å². The van der Waals surface area contributed by atoms with Crippen molar-refractivity contribution < 1.29 is 40.7 Å². The lowest BCUT2D eigenvalue weighted by Gasteiger charge is -2.45. The van der Waals surface area contributed by atoms with Crippen LogP contribution in [0.3, 0.4) is 0 Å². The summed E-state index contributed by atoms with van der Waals surface area (Å²) in [6.45, 7) is 1.22. The molecule has 0 aliphatic carbocycles. The fraction of sp³-hybridized carbons (Fsp3) is 0.357. The Bertz CT molecular complexity index is 1020. The molecule has 2 atom stereocenters. The van der Waals surface area contributed by atoms with Crippen molar-refractivity contribution in [1.29, 1.82) is 5.26 Å². The maximum absolute atomic E-state index is 14.5. The van der Waals surface area contributed by atoms with Crippen LogP contribution in [0.1, 0.15) is 24.0 Å². The maximum Gasteiger partial charge on any atom is 0.439 e. The number of anilines is 1. The second-order valence-corrected chi connectivity index (χ2v) is 7.87. The van der Waals surface area contributed by atoms with Crippen LogP contribution >= 0.6 is 0 Å². The maximum atomic E-state index is 14.5. The molecule has 1 aliphatic heterocycles. The molecule has 0 bridgehead atoms. The fourth-order valence-corrected chi connectivity index (χ4v) is 3.25. The summed E-state index contributed by atoms with van der Waals surface area (Å²) >= 11 is 0. The van der Waals surface area contributed by atoms with Gasteiger partial charge in [0.15, 0.2) is 0 Å². The van der Waals surface area contributed by atoms with Crippen LogP contribution in [-0.4, -0.2) is 48.1 Å². The molecule has 1 aromatic carbocycles. The van der Waals surface area contributed by atoms with E-state index in [1.54, 1.807) is 0 Å². The molecule has 10 nitrogen and oxygen atoms in total. The van der Waals surface area contributed by atoms with E-state index in [1.165, 1.54) is 18.3 Å². The molecule has 2 unspecified atom stereocenters. The monoisotopic (exact) mass is 439 g/mol. The van der Waals surface area contributed by atoms with Gasteiger partial charge in [0, 0.05) is 5.56 Å². The number of carbonyl (C=O) groups excluding carboxylic acids is 2. The third kappa shape index (κ3) is 3.69. The molecule has 1 saturated heterocycles. The molecular formula is C14H13F4N5O5S. The number of nitriles is 1. The fourth-order valence-electron chi connectivity index (χ4n) is 2.60. The number of carbonyl (C=O) groups is 2. The Balaban J connectivity index is 2.78. The summed E-state index contributed by atoms with van der Waals surface area (Å²) < 4.78 is 80.6. The van der Waals surface area contributed by atoms with Crippen LogP contribution in [0.5, 0.6) is 0 Å². The molecule has 1 aliphatic rings. The smallest absolute Gasteiger partial charge is 0.361 e. The van der Waals surface area contributed by atoms with Gasteiger partial charge in [0.2, 0.25) is 15.9 Å². The quantitative estimate of drug-likeness (QED) is 0.296. The molecule has 0 spiro atoms. The topological polar surface area (TPSA) is 166 Å². The predicted molar refractivity (Wildman–Crippen MR) is 87.5 cm³/mol. The zero-order valence-corrected chi connectivity index (χ0v) is 15.2. The number of hydrogen-bond donors (Lipinski definition) is 4. The summed E-state index contributed by atoms with van der Waals surface area (Å²) in [4.78, 5) is 23.6. The number of rotatable bonds is 4. The van der Waals surface area contributed by atoms with E-state index in [9.17, 15) is 40.7 Å². The van der Waals surface area contributed by atoms with E-state index < -0.39 is 73.2 Å². The zero-order valence-electron chi connectivity index (χ0n) is 14.4. The number of alkyl halides is 3. The number of nitrogens with two attached hydrogens (primary N) is 1. The van der Waals surface area contributed by atoms with Gasteiger partial charge in [0.1, 0.15) is 17.8 Å². The number of hydrazine groups is 1. The second kappa shape index (κ2) is 7.13. The number of imide groups is 1. The lowest BCUT2D eigenvalue weighted by molar-refractivity contribution is -0.315. The second-order valence-electron chi connectivity index (χ2n) is 5.86. The van der Waals surface area contributed by atoms with E-state index in [0.717, 1.165) is 0 Å². The van der Waals surface area contributed by atoms with Crippen LogP contribution in [0.25, 0.3) is 0 Å². The SMILES string of the molecule is CCS(=O)(=O)Nc1cc(C2C(=O)NC(=O)N(N)C2(O)C(F)(F)F)c(F)cc1C#N. The van der Waals surface area contributed by atoms with Gasteiger partial charge in [-0.2, -0.15) is 18.4 Å². The van der Waals surface area contributed by atoms with Gasteiger partial charge in [-0.1, -0.05) is 0 Å². The van der Waals surface area contributed by atoms with Gasteiger partial charge < -0.3 is 5.11 Å². The van der Waals surface area contributed by atoms with Crippen LogP contribution in [0, 0.1) is 17.1 Å². The van der Waals surface area contributed by atoms with Crippen molar-refractivity contribution >= 4 is 27.6 Å². The van der Waals surface area contributed by atoms with Gasteiger partial charge >= 0.3 is 12.2 Å². The molecule has 0 saturated carbocycles. The molecule has 2 rings (SSSR count). The third-order valence-electron chi connectivity index (χ3n) is 4.11. The summed E-state index contributed by atoms with van der Waals surface area (Å²) in [5, 5.41) is 19.9. The molecule has 29 heavy (non-hydrogen) atoms. The molecule has 1 aromatic rings. The first kappa shape index (κ1) is 22.3. The van der Waals surface area contributed by atoms with E-state index in [1.807, 2.05) is 4.72 Å². The summed E-state index contributed by atoms with van der Waals surface area (Å²) in [7, 11) is -4.05. The summed E-state index contributed by atoms with van der Waals surface area (Å²) in [5.41, 5.74) is -6.75. The molecule has 15 heteroatoms. The highest BCUT2D eigenvalue weighted by molar-refractivity contribution is 7.92. The number of amides is 3. The van der Waals surface area contributed by atoms with Crippen molar-refractivity contribution in [3.05, 3.63) is 29.1 Å². The van der Waals surface area contributed by atoms with Gasteiger partial charge in [0.05, 0.1) is 17.0 Å². The number of urea groups is 1. The number of hydrogen-bond acceptors (Lipinski definition) is 7. The number of halogens is 4. The van der Waals surface area contributed by atoms with E-state index in [2.05, 4.69) is 0 Å². The summed E-state index contributed by atoms with van der Waals surface area (Å²) in [6.07, 6.45) is -5.72. The van der Waals surface area contributed by atoms with Crippen molar-refractivity contribution in [2.24, 2.45) is 5.84 Å². The summed E-state index contributed by atoms with van der Waals surface area (Å²) in [6, 6.07) is 0.480. The molecule has 1 fully saturated rings. The Kier molecular flexibility index (Phi) is 5.49. The van der Waals surface area contributed by atoms with Crippen molar-refractivity contribution in [3.8, 4) is 6.07 Å². The van der Waals surface area contributed by atoms with E-state index in [4.69, 9.17) is 11.1 Å². The third-order valence-corrected chi connectivity index (χ3v) is 5.40. The highest BCUT2D eigenvalue weighted by Gasteiger charge is 2.69.